The summed E-state index contributed by atoms with van der Waals surface area (Å²) < 4.78 is 54.0. The van der Waals surface area contributed by atoms with E-state index < -0.39 is 26.6 Å². The Bertz CT molecular complexity index is 1470. The molecule has 0 spiro atoms. The van der Waals surface area contributed by atoms with Crippen molar-refractivity contribution in [3.05, 3.63) is 82.5 Å². The van der Waals surface area contributed by atoms with Gasteiger partial charge in [-0.3, -0.25) is 4.79 Å². The van der Waals surface area contributed by atoms with Gasteiger partial charge in [0, 0.05) is 26.2 Å². The number of sulfonamides is 1. The summed E-state index contributed by atoms with van der Waals surface area (Å²) in [4.78, 5) is 15.6. The summed E-state index contributed by atoms with van der Waals surface area (Å²) in [6, 6.07) is 15.7. The predicted molar refractivity (Wildman–Crippen MR) is 151 cm³/mol. The van der Waals surface area contributed by atoms with Crippen LogP contribution in [0, 0.1) is 11.7 Å². The van der Waals surface area contributed by atoms with Crippen LogP contribution >= 0.6 is 0 Å². The second kappa shape index (κ2) is 12.1. The van der Waals surface area contributed by atoms with Gasteiger partial charge in [-0.15, -0.1) is 0 Å². The first-order valence-corrected chi connectivity index (χ1v) is 15.1. The van der Waals surface area contributed by atoms with Crippen LogP contribution in [-0.4, -0.2) is 66.6 Å². The molecule has 0 bridgehead atoms. The van der Waals surface area contributed by atoms with Crippen molar-refractivity contribution in [2.45, 2.75) is 44.6 Å². The zero-order valence-corrected chi connectivity index (χ0v) is 23.6. The third-order valence-corrected chi connectivity index (χ3v) is 9.72. The van der Waals surface area contributed by atoms with Crippen LogP contribution < -0.4 is 15.2 Å². The minimum absolute atomic E-state index is 0.146. The van der Waals surface area contributed by atoms with Crippen molar-refractivity contribution in [3.63, 3.8) is 0 Å². The van der Waals surface area contributed by atoms with E-state index in [1.54, 1.807) is 26.1 Å². The molecule has 1 saturated heterocycles. The Kier molecular flexibility index (Phi) is 8.53. The molecule has 1 aromatic heterocycles. The quantitative estimate of drug-likeness (QED) is 0.368. The Balaban J connectivity index is 1.30. The molecule has 40 heavy (non-hydrogen) atoms. The topological polar surface area (TPSA) is 94.0 Å². The maximum absolute atomic E-state index is 13.9. The van der Waals surface area contributed by atoms with Crippen LogP contribution in [0.15, 0.2) is 65.6 Å². The largest absolute Gasteiger partial charge is 0.483 e. The number of hydrogen-bond donors (Lipinski definition) is 0. The second-order valence-electron chi connectivity index (χ2n) is 10.6. The lowest BCUT2D eigenvalue weighted by Gasteiger charge is -2.38. The number of ether oxygens (including phenoxy) is 2. The number of piperazine rings is 1. The van der Waals surface area contributed by atoms with Crippen molar-refractivity contribution in [1.82, 2.24) is 14.1 Å². The highest BCUT2D eigenvalue weighted by atomic mass is 32.2. The summed E-state index contributed by atoms with van der Waals surface area (Å²) in [5.74, 6) is -0.000114. The van der Waals surface area contributed by atoms with E-state index in [-0.39, 0.29) is 11.9 Å². The zero-order chi connectivity index (χ0) is 28.3. The van der Waals surface area contributed by atoms with E-state index in [0.29, 0.717) is 56.7 Å². The standard InChI is InChI=1S/C29H35FN4O5S/c1-21(2)40(36,37)33-13-11-32(12-14-33)27-18-31-34(25-10-6-9-24(30)17-25)29(35)28(27)39-26-15-23(16-26)20-38-19-22-7-4-3-5-8-22/h3-10,17-18,21,23,26H,11-16,19-20H2,1-2H3/t23-,26+. The molecule has 1 aliphatic carbocycles. The first-order valence-electron chi connectivity index (χ1n) is 13.6. The molecular formula is C29H35FN4O5S. The minimum atomic E-state index is -3.37. The van der Waals surface area contributed by atoms with Crippen LogP contribution in [0.2, 0.25) is 0 Å². The normalized spacial score (nSPS) is 19.9. The van der Waals surface area contributed by atoms with Crippen LogP contribution in [0.3, 0.4) is 0 Å². The van der Waals surface area contributed by atoms with Gasteiger partial charge < -0.3 is 14.4 Å². The first-order chi connectivity index (χ1) is 19.2. The summed E-state index contributed by atoms with van der Waals surface area (Å²) in [6.45, 7) is 5.90. The highest BCUT2D eigenvalue weighted by Gasteiger charge is 2.35. The number of benzene rings is 2. The summed E-state index contributed by atoms with van der Waals surface area (Å²) in [6.07, 6.45) is 2.88. The van der Waals surface area contributed by atoms with Gasteiger partial charge in [-0.05, 0) is 56.4 Å². The van der Waals surface area contributed by atoms with Gasteiger partial charge in [-0.2, -0.15) is 14.1 Å². The lowest BCUT2D eigenvalue weighted by atomic mass is 9.83. The van der Waals surface area contributed by atoms with Crippen molar-refractivity contribution >= 4 is 15.7 Å². The number of anilines is 1. The van der Waals surface area contributed by atoms with Crippen LogP contribution in [-0.2, 0) is 21.4 Å². The Morgan fingerprint density at radius 2 is 1.75 bits per heavy atom. The van der Waals surface area contributed by atoms with E-state index in [1.165, 1.54) is 22.5 Å². The van der Waals surface area contributed by atoms with E-state index in [9.17, 15) is 17.6 Å². The molecule has 1 saturated carbocycles. The highest BCUT2D eigenvalue weighted by molar-refractivity contribution is 7.89. The zero-order valence-electron chi connectivity index (χ0n) is 22.8. The number of halogens is 1. The molecule has 2 aliphatic rings. The minimum Gasteiger partial charge on any atom is -0.483 e. The molecule has 0 amide bonds. The summed E-state index contributed by atoms with van der Waals surface area (Å²) in [5.41, 5.74) is 1.46. The van der Waals surface area contributed by atoms with Crippen LogP contribution in [0.25, 0.3) is 5.69 Å². The molecule has 3 aromatic rings. The van der Waals surface area contributed by atoms with E-state index in [0.717, 1.165) is 23.1 Å². The number of rotatable bonds is 10. The summed E-state index contributed by atoms with van der Waals surface area (Å²) >= 11 is 0. The molecule has 2 heterocycles. The Morgan fingerprint density at radius 1 is 1.02 bits per heavy atom. The molecule has 0 radical (unpaired) electrons. The molecule has 214 valence electrons. The first kappa shape index (κ1) is 28.3. The number of hydrogen-bond acceptors (Lipinski definition) is 7. The fourth-order valence-corrected chi connectivity index (χ4v) is 6.30. The Morgan fingerprint density at radius 3 is 2.42 bits per heavy atom. The smallest absolute Gasteiger partial charge is 0.316 e. The average molecular weight is 571 g/mol. The van der Waals surface area contributed by atoms with Gasteiger partial charge in [0.1, 0.15) is 11.5 Å². The molecule has 1 aliphatic heterocycles. The summed E-state index contributed by atoms with van der Waals surface area (Å²) in [5, 5.41) is 3.82. The van der Waals surface area contributed by atoms with Crippen LogP contribution in [0.1, 0.15) is 32.3 Å². The highest BCUT2D eigenvalue weighted by Crippen LogP contribution is 2.34. The maximum atomic E-state index is 13.9. The lowest BCUT2D eigenvalue weighted by molar-refractivity contribution is -0.00307. The molecule has 2 aromatic carbocycles. The van der Waals surface area contributed by atoms with Crippen molar-refractivity contribution in [2.75, 3.05) is 37.7 Å². The van der Waals surface area contributed by atoms with Crippen molar-refractivity contribution in [1.29, 1.82) is 0 Å². The fraction of sp³-hybridized carbons (Fsp3) is 0.448. The Labute approximate surface area is 234 Å². The molecule has 9 nitrogen and oxygen atoms in total. The van der Waals surface area contributed by atoms with E-state index in [1.807, 2.05) is 35.2 Å². The van der Waals surface area contributed by atoms with Crippen molar-refractivity contribution in [3.8, 4) is 11.4 Å². The second-order valence-corrected chi connectivity index (χ2v) is 13.1. The maximum Gasteiger partial charge on any atom is 0.316 e. The predicted octanol–water partition coefficient (Wildman–Crippen LogP) is 3.61. The van der Waals surface area contributed by atoms with E-state index in [4.69, 9.17) is 9.47 Å². The molecule has 0 atom stereocenters. The molecule has 11 heteroatoms. The van der Waals surface area contributed by atoms with Gasteiger partial charge >= 0.3 is 5.56 Å². The van der Waals surface area contributed by atoms with Crippen LogP contribution in [0.4, 0.5) is 10.1 Å². The summed E-state index contributed by atoms with van der Waals surface area (Å²) in [7, 11) is -3.37. The molecule has 0 unspecified atom stereocenters. The molecule has 5 rings (SSSR count). The SMILES string of the molecule is CC(C)S(=O)(=O)N1CCN(c2cnn(-c3cccc(F)c3)c(=O)c2O[C@H]2C[C@@H](COCc3ccccc3)C2)CC1. The van der Waals surface area contributed by atoms with Gasteiger partial charge in [0.05, 0.1) is 36.5 Å². The van der Waals surface area contributed by atoms with Crippen molar-refractivity contribution < 1.29 is 22.3 Å². The number of nitrogens with zero attached hydrogens (tertiary/aromatic N) is 4. The monoisotopic (exact) mass is 570 g/mol. The number of aromatic nitrogens is 2. The molecule has 0 N–H and O–H groups in total. The van der Waals surface area contributed by atoms with Crippen LogP contribution in [0.5, 0.6) is 5.75 Å². The third-order valence-electron chi connectivity index (χ3n) is 7.44. The average Bonchev–Trinajstić information content (AvgIpc) is 2.93. The third kappa shape index (κ3) is 6.21. The lowest BCUT2D eigenvalue weighted by Crippen LogP contribution is -2.51. The van der Waals surface area contributed by atoms with Gasteiger partial charge in [0.15, 0.2) is 0 Å². The van der Waals surface area contributed by atoms with Gasteiger partial charge in [0.25, 0.3) is 0 Å². The van der Waals surface area contributed by atoms with Crippen molar-refractivity contribution in [2.24, 2.45) is 5.92 Å². The van der Waals surface area contributed by atoms with E-state index in [2.05, 4.69) is 5.10 Å². The fourth-order valence-electron chi connectivity index (χ4n) is 5.03. The van der Waals surface area contributed by atoms with Gasteiger partial charge in [-0.1, -0.05) is 36.4 Å². The molecule has 2 fully saturated rings. The Hall–Kier alpha value is -3.28. The van der Waals surface area contributed by atoms with Gasteiger partial charge in [-0.25, -0.2) is 12.8 Å². The molecular weight excluding hydrogens is 535 g/mol. The van der Waals surface area contributed by atoms with E-state index >= 15 is 0 Å². The van der Waals surface area contributed by atoms with Gasteiger partial charge in [0.2, 0.25) is 15.8 Å².